The molecule has 0 aromatic heterocycles. The van der Waals surface area contributed by atoms with Crippen LogP contribution in [0.3, 0.4) is 0 Å². The largest absolute Gasteiger partial charge is 0.507 e. The molecule has 4 aliphatic heterocycles. The van der Waals surface area contributed by atoms with Crippen LogP contribution in [0.2, 0.25) is 0 Å². The molecule has 0 unspecified atom stereocenters. The van der Waals surface area contributed by atoms with Crippen LogP contribution in [0.4, 0.5) is 0 Å². The molecule has 4 fully saturated rings. The van der Waals surface area contributed by atoms with Crippen LogP contribution in [-0.4, -0.2) is 181 Å². The molecule has 4 heterocycles. The van der Waals surface area contributed by atoms with E-state index >= 15 is 0 Å². The number of carbonyl (C=O) groups is 2. The van der Waals surface area contributed by atoms with Gasteiger partial charge in [-0.05, 0) is 77.5 Å². The van der Waals surface area contributed by atoms with Crippen molar-refractivity contribution in [2.45, 2.75) is 197 Å². The van der Waals surface area contributed by atoms with E-state index in [2.05, 4.69) is 0 Å². The quantitative estimate of drug-likeness (QED) is 0.132. The number of aromatic hydroxyl groups is 2. The zero-order chi connectivity index (χ0) is 47.3. The number of rotatable bonds is 13. The molecule has 2 aromatic carbocycles. The molecule has 7 rings (SSSR count). The highest BCUT2D eigenvalue weighted by molar-refractivity contribution is 6.11. The predicted molar refractivity (Wildman–Crippen MR) is 223 cm³/mol. The van der Waals surface area contributed by atoms with Crippen LogP contribution < -0.4 is 4.74 Å². The number of aliphatic hydroxyl groups excluding tert-OH is 7. The highest BCUT2D eigenvalue weighted by atomic mass is 16.7. The molecule has 0 saturated carbocycles. The van der Waals surface area contributed by atoms with Crippen molar-refractivity contribution in [3.05, 3.63) is 28.8 Å². The van der Waals surface area contributed by atoms with Crippen LogP contribution >= 0.6 is 0 Å². The molecule has 0 amide bonds. The van der Waals surface area contributed by atoms with Crippen molar-refractivity contribution in [1.29, 1.82) is 0 Å². The fraction of sp³-hybridized carbons (Fsp3) is 0.733. The second-order valence-electron chi connectivity index (χ2n) is 18.2. The number of methoxy groups -OCH3 is 1. The second kappa shape index (κ2) is 20.2. The molecule has 1 aliphatic carbocycles. The maximum Gasteiger partial charge on any atom is 0.200 e. The topological polar surface area (TPSA) is 299 Å². The number of hydrogen-bond acceptors (Lipinski definition) is 20. The van der Waals surface area contributed by atoms with Gasteiger partial charge in [-0.1, -0.05) is 0 Å². The highest BCUT2D eigenvalue weighted by Crippen LogP contribution is 2.47. The van der Waals surface area contributed by atoms with Gasteiger partial charge in [-0.15, -0.1) is 0 Å². The van der Waals surface area contributed by atoms with Gasteiger partial charge in [0.1, 0.15) is 53.9 Å². The summed E-state index contributed by atoms with van der Waals surface area (Å²) in [6.45, 7) is 9.26. The van der Waals surface area contributed by atoms with Gasteiger partial charge in [0, 0.05) is 44.3 Å². The number of phenolic OH excluding ortho intramolecular Hbond substituents is 2. The van der Waals surface area contributed by atoms with Gasteiger partial charge < -0.3 is 88.6 Å². The normalized spacial score (nSPS) is 39.4. The Balaban J connectivity index is 1.16. The molecule has 0 bridgehead atoms. The molecule has 364 valence electrons. The lowest BCUT2D eigenvalue weighted by Gasteiger charge is -2.45. The molecule has 65 heavy (non-hydrogen) atoms. The Kier molecular flexibility index (Phi) is 15.5. The Morgan fingerprint density at radius 1 is 0.723 bits per heavy atom. The van der Waals surface area contributed by atoms with E-state index in [1.54, 1.807) is 46.8 Å². The first-order valence-corrected chi connectivity index (χ1v) is 22.3. The second-order valence-corrected chi connectivity index (χ2v) is 18.2. The Labute approximate surface area is 375 Å². The van der Waals surface area contributed by atoms with E-state index in [0.29, 0.717) is 12.8 Å². The SMILES string of the molecule is CO[C@H](C(=O)[C@@H](O)[C@@H](C)O)[C@@H]1Cc2cc3cc(O[C@H]4CC[C@H](O)[C@@H](C)O4)c(C)c(O)c3c(O)c2C(=O)[C@H]1O[C@H]1C[C@@H](O[C@H]2C[C@@H](O[C@H]3C[C@H](O)[C@H](O)[C@@H](C)O3)[C@H](O)[C@@H](C)O2)[C@H](O)[C@@H](C)O1. The number of carbonyl (C=O) groups excluding carboxylic acids is 2. The molecule has 20 atom stereocenters. The maximum atomic E-state index is 14.8. The standard InChI is InChI=1S/C45H64O20/c1-16-27(62-30-9-8-25(47)18(3)58-30)12-23-10-22-11-24(44(57-7)43(56)37(50)17(2)46)45(42(55)35(22)41(54)34(23)36(16)49)65-33-15-29(40(53)21(6)61-33)64-32-14-28(39(52)20(5)60-32)63-31-13-26(48)38(51)19(4)59-31/h10,12,17-21,24-26,28-33,37-40,44-54H,8-9,11,13-15H2,1-7H3/t17-,18-,19-,20-,21-,24+,25+,26+,28-,29-,30+,31+,32+,33+,37+,38-,39-,40-,44+,45+/m1/s1. The third-order valence-electron chi connectivity index (χ3n) is 13.5. The Bertz CT molecular complexity index is 2000. The van der Waals surface area contributed by atoms with Crippen molar-refractivity contribution >= 4 is 22.3 Å². The average molecular weight is 925 g/mol. The zero-order valence-electron chi connectivity index (χ0n) is 37.5. The lowest BCUT2D eigenvalue weighted by Crippen LogP contribution is -2.57. The summed E-state index contributed by atoms with van der Waals surface area (Å²) in [5, 5.41) is 97.3. The van der Waals surface area contributed by atoms with Crippen LogP contribution in [0.25, 0.3) is 10.8 Å². The van der Waals surface area contributed by atoms with Crippen LogP contribution in [0.15, 0.2) is 12.1 Å². The maximum absolute atomic E-state index is 14.8. The average Bonchev–Trinajstić information content (AvgIpc) is 3.24. The fourth-order valence-corrected chi connectivity index (χ4v) is 9.55. The molecule has 0 spiro atoms. The van der Waals surface area contributed by atoms with E-state index in [4.69, 9.17) is 42.6 Å². The van der Waals surface area contributed by atoms with Gasteiger partial charge in [-0.2, -0.15) is 0 Å². The van der Waals surface area contributed by atoms with Gasteiger partial charge >= 0.3 is 0 Å². The lowest BCUT2D eigenvalue weighted by molar-refractivity contribution is -0.329. The van der Waals surface area contributed by atoms with Crippen molar-refractivity contribution in [3.8, 4) is 17.2 Å². The third kappa shape index (κ3) is 10.2. The summed E-state index contributed by atoms with van der Waals surface area (Å²) in [5.41, 5.74) is 0.292. The molecule has 2 aromatic rings. The Morgan fingerprint density at radius 2 is 1.28 bits per heavy atom. The van der Waals surface area contributed by atoms with Gasteiger partial charge in [0.2, 0.25) is 0 Å². The van der Waals surface area contributed by atoms with E-state index in [1.807, 2.05) is 0 Å². The van der Waals surface area contributed by atoms with Crippen LogP contribution in [-0.2, 0) is 49.1 Å². The van der Waals surface area contributed by atoms with Crippen LogP contribution in [0.5, 0.6) is 17.2 Å². The van der Waals surface area contributed by atoms with Crippen LogP contribution in [0, 0.1) is 12.8 Å². The molecule has 20 nitrogen and oxygen atoms in total. The van der Waals surface area contributed by atoms with Crippen molar-refractivity contribution in [3.63, 3.8) is 0 Å². The molecular weight excluding hydrogens is 860 g/mol. The molecule has 4 saturated heterocycles. The van der Waals surface area contributed by atoms with Crippen LogP contribution in [0.1, 0.15) is 88.2 Å². The van der Waals surface area contributed by atoms with E-state index in [-0.39, 0.29) is 64.6 Å². The van der Waals surface area contributed by atoms with Gasteiger partial charge in [0.25, 0.3) is 0 Å². The van der Waals surface area contributed by atoms with Gasteiger partial charge in [0.05, 0.1) is 65.9 Å². The number of Topliss-reactive ketones (excluding diaryl/α,β-unsaturated/α-hetero) is 2. The number of benzene rings is 2. The molecule has 0 radical (unpaired) electrons. The summed E-state index contributed by atoms with van der Waals surface area (Å²) < 4.78 is 54.0. The smallest absolute Gasteiger partial charge is 0.200 e. The van der Waals surface area contributed by atoms with Gasteiger partial charge in [-0.3, -0.25) is 9.59 Å². The van der Waals surface area contributed by atoms with Crippen molar-refractivity contribution < 1.29 is 98.2 Å². The van der Waals surface area contributed by atoms with Crippen molar-refractivity contribution in [2.75, 3.05) is 7.11 Å². The number of fused-ring (bicyclic) bond motifs is 2. The molecule has 9 N–H and O–H groups in total. The van der Waals surface area contributed by atoms with Gasteiger partial charge in [-0.25, -0.2) is 0 Å². The number of hydrogen-bond donors (Lipinski definition) is 9. The molecule has 5 aliphatic rings. The Morgan fingerprint density at radius 3 is 1.83 bits per heavy atom. The van der Waals surface area contributed by atoms with Crippen molar-refractivity contribution in [2.24, 2.45) is 5.92 Å². The first-order valence-electron chi connectivity index (χ1n) is 22.3. The summed E-state index contributed by atoms with van der Waals surface area (Å²) in [7, 11) is 1.20. The number of ketones is 2. The van der Waals surface area contributed by atoms with Gasteiger partial charge in [0.15, 0.2) is 36.7 Å². The monoisotopic (exact) mass is 924 g/mol. The summed E-state index contributed by atoms with van der Waals surface area (Å²) in [5.74, 6) is -3.63. The highest BCUT2D eigenvalue weighted by Gasteiger charge is 2.50. The number of aliphatic hydroxyl groups is 7. The van der Waals surface area contributed by atoms with E-state index in [0.717, 1.165) is 0 Å². The predicted octanol–water partition coefficient (Wildman–Crippen LogP) is 0.509. The van der Waals surface area contributed by atoms with E-state index in [1.165, 1.54) is 14.0 Å². The summed E-state index contributed by atoms with van der Waals surface area (Å²) >= 11 is 0. The van der Waals surface area contributed by atoms with E-state index < -0.39 is 140 Å². The molecule has 20 heteroatoms. The number of phenols is 2. The zero-order valence-corrected chi connectivity index (χ0v) is 37.5. The minimum Gasteiger partial charge on any atom is -0.507 e. The minimum atomic E-state index is -1.90. The first-order chi connectivity index (χ1) is 30.7. The Hall–Kier alpha value is -3.16. The number of ether oxygens (including phenoxy) is 9. The first kappa shape index (κ1) is 49.7. The molecular formula is C45H64O20. The third-order valence-corrected chi connectivity index (χ3v) is 13.5. The summed E-state index contributed by atoms with van der Waals surface area (Å²) in [4.78, 5) is 28.6. The fourth-order valence-electron chi connectivity index (χ4n) is 9.55. The summed E-state index contributed by atoms with van der Waals surface area (Å²) in [6, 6.07) is 3.15. The summed E-state index contributed by atoms with van der Waals surface area (Å²) in [6.07, 6.45) is -20.4. The van der Waals surface area contributed by atoms with E-state index in [9.17, 15) is 55.5 Å². The minimum absolute atomic E-state index is 0.0313. The lowest BCUT2D eigenvalue weighted by atomic mass is 9.75. The van der Waals surface area contributed by atoms with Crippen molar-refractivity contribution in [1.82, 2.24) is 0 Å².